The van der Waals surface area contributed by atoms with E-state index < -0.39 is 0 Å². The monoisotopic (exact) mass is 400 g/mol. The lowest BCUT2D eigenvalue weighted by Crippen LogP contribution is -2.13. The lowest BCUT2D eigenvalue weighted by atomic mass is 10.2. The minimum atomic E-state index is -0.290. The normalized spacial score (nSPS) is 11.0. The van der Waals surface area contributed by atoms with Gasteiger partial charge in [0.15, 0.2) is 4.34 Å². The number of hydrogen-bond donors (Lipinski definition) is 3. The standard InChI is InChI=1S/C18H13FN4O2S2/c19-11-3-1-10(2-4-11)15-8-26-18(23-15)27-9-16(24)20-12-5-6-13-14(7-12)22-17(25)21-13/h1-8H,9H2,(H,20,24)(H2,21,22,25). The van der Waals surface area contributed by atoms with E-state index in [9.17, 15) is 14.0 Å². The number of fused-ring (bicyclic) bond motifs is 1. The van der Waals surface area contributed by atoms with Gasteiger partial charge in [-0.05, 0) is 42.5 Å². The van der Waals surface area contributed by atoms with Crippen LogP contribution in [0.1, 0.15) is 0 Å². The molecule has 0 aliphatic heterocycles. The highest BCUT2D eigenvalue weighted by molar-refractivity contribution is 8.01. The number of nitrogens with one attached hydrogen (secondary N) is 3. The third-order valence-electron chi connectivity index (χ3n) is 3.75. The molecule has 0 unspecified atom stereocenters. The Balaban J connectivity index is 1.37. The summed E-state index contributed by atoms with van der Waals surface area (Å²) < 4.78 is 13.8. The molecule has 0 bridgehead atoms. The predicted octanol–water partition coefficient (Wildman–Crippen LogP) is 3.85. The number of hydrogen-bond acceptors (Lipinski definition) is 5. The zero-order valence-electron chi connectivity index (χ0n) is 13.8. The molecule has 27 heavy (non-hydrogen) atoms. The summed E-state index contributed by atoms with van der Waals surface area (Å²) in [6.07, 6.45) is 0. The maximum atomic E-state index is 13.0. The van der Waals surface area contributed by atoms with Crippen molar-refractivity contribution in [1.82, 2.24) is 15.0 Å². The number of amides is 1. The number of aromatic amines is 2. The SMILES string of the molecule is O=C(CSc1nc(-c2ccc(F)cc2)cs1)Nc1ccc2[nH]c(=O)[nH]c2c1. The third kappa shape index (κ3) is 4.09. The van der Waals surface area contributed by atoms with Crippen molar-refractivity contribution in [2.24, 2.45) is 0 Å². The molecule has 2 aromatic carbocycles. The first kappa shape index (κ1) is 17.5. The molecular weight excluding hydrogens is 387 g/mol. The molecule has 0 fully saturated rings. The molecule has 6 nitrogen and oxygen atoms in total. The van der Waals surface area contributed by atoms with E-state index in [0.29, 0.717) is 16.7 Å². The van der Waals surface area contributed by atoms with Crippen LogP contribution < -0.4 is 11.0 Å². The Bertz CT molecular complexity index is 1160. The Morgan fingerprint density at radius 3 is 2.74 bits per heavy atom. The summed E-state index contributed by atoms with van der Waals surface area (Å²) in [5.74, 6) is -0.254. The van der Waals surface area contributed by atoms with E-state index in [1.165, 1.54) is 35.2 Å². The fraction of sp³-hybridized carbons (Fsp3) is 0.0556. The number of halogens is 1. The Morgan fingerprint density at radius 1 is 1.15 bits per heavy atom. The lowest BCUT2D eigenvalue weighted by molar-refractivity contribution is -0.113. The van der Waals surface area contributed by atoms with Crippen LogP contribution >= 0.6 is 23.1 Å². The Kier molecular flexibility index (Phi) is 4.78. The van der Waals surface area contributed by atoms with E-state index in [1.54, 1.807) is 30.3 Å². The number of aromatic nitrogens is 3. The second kappa shape index (κ2) is 7.37. The maximum Gasteiger partial charge on any atom is 0.323 e. The summed E-state index contributed by atoms with van der Waals surface area (Å²) >= 11 is 2.77. The van der Waals surface area contributed by atoms with Crippen LogP contribution in [0.4, 0.5) is 10.1 Å². The van der Waals surface area contributed by atoms with E-state index in [0.717, 1.165) is 15.6 Å². The van der Waals surface area contributed by atoms with Gasteiger partial charge in [0, 0.05) is 16.6 Å². The first-order valence-electron chi connectivity index (χ1n) is 7.93. The highest BCUT2D eigenvalue weighted by Gasteiger charge is 2.09. The Morgan fingerprint density at radius 2 is 1.93 bits per heavy atom. The summed E-state index contributed by atoms with van der Waals surface area (Å²) in [5, 5.41) is 4.68. The number of carbonyl (C=O) groups excluding carboxylic acids is 1. The second-order valence-corrected chi connectivity index (χ2v) is 7.76. The van der Waals surface area contributed by atoms with Gasteiger partial charge in [-0.3, -0.25) is 4.79 Å². The molecule has 2 heterocycles. The van der Waals surface area contributed by atoms with Gasteiger partial charge in [-0.25, -0.2) is 14.2 Å². The quantitative estimate of drug-likeness (QED) is 0.444. The number of rotatable bonds is 5. The maximum absolute atomic E-state index is 13.0. The highest BCUT2D eigenvalue weighted by atomic mass is 32.2. The second-order valence-electron chi connectivity index (χ2n) is 5.68. The van der Waals surface area contributed by atoms with Crippen molar-refractivity contribution in [3.63, 3.8) is 0 Å². The minimum Gasteiger partial charge on any atom is -0.325 e. The van der Waals surface area contributed by atoms with E-state index in [2.05, 4.69) is 20.3 Å². The molecule has 0 saturated heterocycles. The van der Waals surface area contributed by atoms with Crippen molar-refractivity contribution in [2.45, 2.75) is 4.34 Å². The zero-order chi connectivity index (χ0) is 18.8. The van der Waals surface area contributed by atoms with Gasteiger partial charge in [0.25, 0.3) is 0 Å². The van der Waals surface area contributed by atoms with Crippen molar-refractivity contribution in [3.8, 4) is 11.3 Å². The molecule has 0 aliphatic carbocycles. The van der Waals surface area contributed by atoms with Gasteiger partial charge in [-0.1, -0.05) is 11.8 Å². The van der Waals surface area contributed by atoms with Gasteiger partial charge in [-0.15, -0.1) is 11.3 Å². The molecule has 0 atom stereocenters. The topological polar surface area (TPSA) is 90.6 Å². The van der Waals surface area contributed by atoms with Crippen molar-refractivity contribution >= 4 is 45.7 Å². The van der Waals surface area contributed by atoms with E-state index in [4.69, 9.17) is 0 Å². The molecular formula is C18H13FN4O2S2. The van der Waals surface area contributed by atoms with Gasteiger partial charge in [0.2, 0.25) is 5.91 Å². The van der Waals surface area contributed by atoms with Crippen LogP contribution in [0.25, 0.3) is 22.3 Å². The van der Waals surface area contributed by atoms with E-state index in [1.807, 2.05) is 5.38 Å². The number of nitrogens with zero attached hydrogens (tertiary/aromatic N) is 1. The minimum absolute atomic E-state index is 0.171. The molecule has 0 spiro atoms. The summed E-state index contributed by atoms with van der Waals surface area (Å²) in [6.45, 7) is 0. The van der Waals surface area contributed by atoms with Crippen molar-refractivity contribution in [2.75, 3.05) is 11.1 Å². The van der Waals surface area contributed by atoms with Crippen molar-refractivity contribution in [1.29, 1.82) is 0 Å². The van der Waals surface area contributed by atoms with Gasteiger partial charge in [0.05, 0.1) is 22.5 Å². The number of thiazole rings is 1. The predicted molar refractivity (Wildman–Crippen MR) is 106 cm³/mol. The molecule has 9 heteroatoms. The van der Waals surface area contributed by atoms with Crippen molar-refractivity contribution < 1.29 is 9.18 Å². The smallest absolute Gasteiger partial charge is 0.323 e. The van der Waals surface area contributed by atoms with Gasteiger partial charge < -0.3 is 15.3 Å². The van der Waals surface area contributed by atoms with Crippen LogP contribution in [-0.2, 0) is 4.79 Å². The third-order valence-corrected chi connectivity index (χ3v) is 5.77. The fourth-order valence-electron chi connectivity index (χ4n) is 2.51. The van der Waals surface area contributed by atoms with Gasteiger partial charge in [0.1, 0.15) is 5.82 Å². The van der Waals surface area contributed by atoms with E-state index >= 15 is 0 Å². The van der Waals surface area contributed by atoms with Crippen LogP contribution in [-0.4, -0.2) is 26.6 Å². The van der Waals surface area contributed by atoms with Crippen LogP contribution in [0.3, 0.4) is 0 Å². The van der Waals surface area contributed by atoms with Crippen LogP contribution in [0, 0.1) is 5.82 Å². The zero-order valence-corrected chi connectivity index (χ0v) is 15.4. The average Bonchev–Trinajstić information content (AvgIpc) is 3.26. The van der Waals surface area contributed by atoms with E-state index in [-0.39, 0.29) is 23.2 Å². The van der Waals surface area contributed by atoms with Crippen LogP contribution in [0.15, 0.2) is 57.0 Å². The van der Waals surface area contributed by atoms with Crippen LogP contribution in [0.5, 0.6) is 0 Å². The van der Waals surface area contributed by atoms with Crippen LogP contribution in [0.2, 0.25) is 0 Å². The molecule has 2 aromatic heterocycles. The molecule has 136 valence electrons. The summed E-state index contributed by atoms with van der Waals surface area (Å²) in [6, 6.07) is 11.3. The highest BCUT2D eigenvalue weighted by Crippen LogP contribution is 2.28. The van der Waals surface area contributed by atoms with Gasteiger partial charge in [-0.2, -0.15) is 0 Å². The Labute approximate surface area is 160 Å². The molecule has 0 aliphatic rings. The molecule has 3 N–H and O–H groups in total. The summed E-state index contributed by atoms with van der Waals surface area (Å²) in [7, 11) is 0. The first-order valence-corrected chi connectivity index (χ1v) is 9.79. The molecule has 1 amide bonds. The summed E-state index contributed by atoms with van der Waals surface area (Å²) in [5.41, 5.74) is 3.22. The number of anilines is 1. The molecule has 4 aromatic rings. The fourth-order valence-corrected chi connectivity index (χ4v) is 4.15. The van der Waals surface area contributed by atoms with Gasteiger partial charge >= 0.3 is 5.69 Å². The summed E-state index contributed by atoms with van der Waals surface area (Å²) in [4.78, 5) is 33.2. The first-order chi connectivity index (χ1) is 13.1. The average molecular weight is 400 g/mol. The molecule has 4 rings (SSSR count). The molecule has 0 radical (unpaired) electrons. The number of carbonyl (C=O) groups is 1. The number of thioether (sulfide) groups is 1. The molecule has 0 saturated carbocycles. The number of H-pyrrole nitrogens is 2. The number of imidazole rings is 1. The van der Waals surface area contributed by atoms with Crippen molar-refractivity contribution in [3.05, 3.63) is 64.1 Å². The number of benzene rings is 2. The lowest BCUT2D eigenvalue weighted by Gasteiger charge is -2.04. The Hall–Kier alpha value is -2.91. The largest absolute Gasteiger partial charge is 0.325 e.